The van der Waals surface area contributed by atoms with Gasteiger partial charge in [0, 0.05) is 38.3 Å². The van der Waals surface area contributed by atoms with Crippen molar-refractivity contribution in [2.24, 2.45) is 0 Å². The third-order valence-corrected chi connectivity index (χ3v) is 6.22. The van der Waals surface area contributed by atoms with Crippen molar-refractivity contribution in [1.29, 1.82) is 0 Å². The van der Waals surface area contributed by atoms with Gasteiger partial charge in [0.15, 0.2) is 11.5 Å². The van der Waals surface area contributed by atoms with Gasteiger partial charge in [-0.15, -0.1) is 0 Å². The maximum atomic E-state index is 12.6. The third-order valence-electron chi connectivity index (χ3n) is 6.22. The number of piperidine rings is 1. The summed E-state index contributed by atoms with van der Waals surface area (Å²) in [6.07, 6.45) is -4.72. The standard InChI is InChI=1S/C21H24N6O2.2C2HF3O2/c28-21(18-3-1-2-8-22-18)26-9-6-16(7-10-26)20-23-19-5-4-17(15-27(19)24-20)25-11-13-29-14-12-25;2*3-2(4,5)1(6)7/h1-5,8,15-16H,6-7,9-14H2;2*(H,6,7). The summed E-state index contributed by atoms with van der Waals surface area (Å²) in [5.74, 6) is -4.37. The van der Waals surface area contributed by atoms with E-state index in [0.717, 1.165) is 56.3 Å². The lowest BCUT2D eigenvalue weighted by molar-refractivity contribution is -0.193. The number of alkyl halides is 6. The Balaban J connectivity index is 0.000000303. The van der Waals surface area contributed by atoms with Crippen molar-refractivity contribution in [3.8, 4) is 0 Å². The molecule has 0 radical (unpaired) electrons. The van der Waals surface area contributed by atoms with Crippen LogP contribution < -0.4 is 4.90 Å². The minimum atomic E-state index is -5.08. The molecule has 1 amide bonds. The number of aliphatic carboxylic acids is 2. The van der Waals surface area contributed by atoms with E-state index in [0.29, 0.717) is 18.8 Å². The van der Waals surface area contributed by atoms with E-state index in [-0.39, 0.29) is 11.8 Å². The lowest BCUT2D eigenvalue weighted by atomic mass is 9.96. The molecule has 5 rings (SSSR count). The molecule has 3 aromatic heterocycles. The molecule has 0 aliphatic carbocycles. The highest BCUT2D eigenvalue weighted by Crippen LogP contribution is 2.27. The molecule has 43 heavy (non-hydrogen) atoms. The number of hydrogen-bond acceptors (Lipinski definition) is 8. The number of anilines is 1. The summed E-state index contributed by atoms with van der Waals surface area (Å²) >= 11 is 0. The van der Waals surface area contributed by atoms with E-state index in [9.17, 15) is 31.1 Å². The van der Waals surface area contributed by atoms with Crippen molar-refractivity contribution in [2.75, 3.05) is 44.3 Å². The van der Waals surface area contributed by atoms with Crippen LogP contribution in [0, 0.1) is 0 Å². The summed E-state index contributed by atoms with van der Waals surface area (Å²) in [5.41, 5.74) is 2.52. The Hall–Kier alpha value is -4.48. The van der Waals surface area contributed by atoms with E-state index >= 15 is 0 Å². The maximum Gasteiger partial charge on any atom is 0.490 e. The summed E-state index contributed by atoms with van der Waals surface area (Å²) in [6.45, 7) is 4.72. The molecule has 234 valence electrons. The Morgan fingerprint density at radius 1 is 0.860 bits per heavy atom. The zero-order valence-electron chi connectivity index (χ0n) is 22.3. The van der Waals surface area contributed by atoms with Crippen LogP contribution in [-0.4, -0.2) is 104 Å². The number of aromatic nitrogens is 4. The number of hydrogen-bond donors (Lipinski definition) is 2. The van der Waals surface area contributed by atoms with Crippen LogP contribution >= 0.6 is 0 Å². The van der Waals surface area contributed by atoms with Gasteiger partial charge in [-0.05, 0) is 37.1 Å². The molecular weight excluding hydrogens is 594 g/mol. The minimum absolute atomic E-state index is 0.00200. The van der Waals surface area contributed by atoms with E-state index in [1.807, 2.05) is 27.6 Å². The van der Waals surface area contributed by atoms with Crippen LogP contribution in [0.1, 0.15) is 35.1 Å². The molecule has 3 aromatic rings. The van der Waals surface area contributed by atoms with Crippen molar-refractivity contribution >= 4 is 29.2 Å². The summed E-state index contributed by atoms with van der Waals surface area (Å²) in [5, 5.41) is 19.0. The Labute approximate surface area is 239 Å². The largest absolute Gasteiger partial charge is 0.490 e. The molecule has 2 N–H and O–H groups in total. The van der Waals surface area contributed by atoms with E-state index in [1.54, 1.807) is 12.3 Å². The number of nitrogens with zero attached hydrogens (tertiary/aromatic N) is 6. The number of amides is 1. The topological polar surface area (TPSA) is 150 Å². The molecule has 2 aliphatic rings. The second-order valence-corrected chi connectivity index (χ2v) is 9.15. The average molecular weight is 621 g/mol. The normalized spacial score (nSPS) is 16.0. The van der Waals surface area contributed by atoms with Crippen LogP contribution in [0.15, 0.2) is 42.7 Å². The Bertz CT molecular complexity index is 1360. The number of carboxylic acid groups (broad SMARTS) is 2. The van der Waals surface area contributed by atoms with Crippen molar-refractivity contribution in [3.63, 3.8) is 0 Å². The highest BCUT2D eigenvalue weighted by atomic mass is 19.4. The van der Waals surface area contributed by atoms with Crippen LogP contribution in [0.2, 0.25) is 0 Å². The number of rotatable bonds is 3. The molecule has 0 unspecified atom stereocenters. The van der Waals surface area contributed by atoms with E-state index in [4.69, 9.17) is 34.6 Å². The van der Waals surface area contributed by atoms with Gasteiger partial charge in [0.25, 0.3) is 5.91 Å². The first-order valence-corrected chi connectivity index (χ1v) is 12.7. The Morgan fingerprint density at radius 3 is 1.95 bits per heavy atom. The summed E-state index contributed by atoms with van der Waals surface area (Å²) in [7, 11) is 0. The van der Waals surface area contributed by atoms with Gasteiger partial charge in [0.1, 0.15) is 5.69 Å². The molecule has 0 aromatic carbocycles. The zero-order valence-corrected chi connectivity index (χ0v) is 22.3. The predicted molar refractivity (Wildman–Crippen MR) is 136 cm³/mol. The molecule has 2 fully saturated rings. The first kappa shape index (κ1) is 33.0. The van der Waals surface area contributed by atoms with Gasteiger partial charge in [-0.25, -0.2) is 19.1 Å². The Morgan fingerprint density at radius 2 is 1.44 bits per heavy atom. The number of carboxylic acids is 2. The quantitative estimate of drug-likeness (QED) is 0.418. The molecular formula is C25H26F6N6O6. The number of fused-ring (bicyclic) bond motifs is 1. The van der Waals surface area contributed by atoms with E-state index in [1.165, 1.54) is 0 Å². The van der Waals surface area contributed by atoms with Gasteiger partial charge in [0.2, 0.25) is 0 Å². The highest BCUT2D eigenvalue weighted by molar-refractivity contribution is 5.92. The highest BCUT2D eigenvalue weighted by Gasteiger charge is 2.39. The summed E-state index contributed by atoms with van der Waals surface area (Å²) in [4.78, 5) is 43.5. The van der Waals surface area contributed by atoms with Gasteiger partial charge in [-0.1, -0.05) is 6.07 Å². The second kappa shape index (κ2) is 14.1. The van der Waals surface area contributed by atoms with Gasteiger partial charge >= 0.3 is 24.3 Å². The van der Waals surface area contributed by atoms with Crippen LogP contribution in [-0.2, 0) is 14.3 Å². The fraction of sp³-hybridized carbons (Fsp3) is 0.440. The zero-order chi connectivity index (χ0) is 31.8. The fourth-order valence-electron chi connectivity index (χ4n) is 4.06. The Kier molecular flexibility index (Phi) is 10.8. The lowest BCUT2D eigenvalue weighted by Crippen LogP contribution is -2.38. The van der Waals surface area contributed by atoms with Crippen molar-refractivity contribution < 1.29 is 55.7 Å². The van der Waals surface area contributed by atoms with Crippen molar-refractivity contribution in [3.05, 3.63) is 54.2 Å². The molecule has 2 saturated heterocycles. The molecule has 0 atom stereocenters. The molecule has 2 aliphatic heterocycles. The van der Waals surface area contributed by atoms with Crippen LogP contribution in [0.4, 0.5) is 32.0 Å². The van der Waals surface area contributed by atoms with E-state index < -0.39 is 24.3 Å². The lowest BCUT2D eigenvalue weighted by Gasteiger charge is -2.30. The summed E-state index contributed by atoms with van der Waals surface area (Å²) in [6, 6.07) is 9.57. The van der Waals surface area contributed by atoms with Gasteiger partial charge in [0.05, 0.1) is 25.1 Å². The van der Waals surface area contributed by atoms with Gasteiger partial charge in [-0.2, -0.15) is 31.4 Å². The van der Waals surface area contributed by atoms with Gasteiger partial charge in [-0.3, -0.25) is 9.78 Å². The molecule has 0 bridgehead atoms. The molecule has 0 saturated carbocycles. The fourth-order valence-corrected chi connectivity index (χ4v) is 4.06. The summed E-state index contributed by atoms with van der Waals surface area (Å²) < 4.78 is 70.8. The van der Waals surface area contributed by atoms with Crippen LogP contribution in [0.5, 0.6) is 0 Å². The van der Waals surface area contributed by atoms with Crippen LogP contribution in [0.25, 0.3) is 5.65 Å². The smallest absolute Gasteiger partial charge is 0.475 e. The number of halogens is 6. The number of carbonyl (C=O) groups is 3. The number of morpholine rings is 1. The van der Waals surface area contributed by atoms with Gasteiger partial charge < -0.3 is 24.7 Å². The molecule has 18 heteroatoms. The SMILES string of the molecule is O=C(O)C(F)(F)F.O=C(O)C(F)(F)F.O=C(c1ccccn1)N1CCC(c2nc3ccc(N4CCOCC4)cn3n2)CC1. The monoisotopic (exact) mass is 620 g/mol. The third kappa shape index (κ3) is 9.52. The first-order valence-electron chi connectivity index (χ1n) is 12.7. The number of pyridine rings is 2. The maximum absolute atomic E-state index is 12.6. The van der Waals surface area contributed by atoms with Crippen molar-refractivity contribution in [1.82, 2.24) is 24.5 Å². The predicted octanol–water partition coefficient (Wildman–Crippen LogP) is 3.25. The van der Waals surface area contributed by atoms with Crippen molar-refractivity contribution in [2.45, 2.75) is 31.1 Å². The number of ether oxygens (including phenoxy) is 1. The number of carbonyl (C=O) groups excluding carboxylic acids is 1. The van der Waals surface area contributed by atoms with E-state index in [2.05, 4.69) is 22.1 Å². The van der Waals surface area contributed by atoms with Crippen LogP contribution in [0.3, 0.4) is 0 Å². The minimum Gasteiger partial charge on any atom is -0.475 e. The second-order valence-electron chi connectivity index (χ2n) is 9.15. The molecule has 12 nitrogen and oxygen atoms in total. The first-order chi connectivity index (χ1) is 20.2. The molecule has 5 heterocycles. The average Bonchev–Trinajstić information content (AvgIpc) is 3.41. The number of likely N-dealkylation sites (tertiary alicyclic amines) is 1. The molecule has 0 spiro atoms.